The molecule has 1 saturated heterocycles. The van der Waals surface area contributed by atoms with Gasteiger partial charge in [-0.3, -0.25) is 9.69 Å². The number of anilines is 2. The first-order chi connectivity index (χ1) is 9.11. The van der Waals surface area contributed by atoms with Crippen LogP contribution in [0.4, 0.5) is 11.4 Å². The lowest BCUT2D eigenvalue weighted by Gasteiger charge is -2.36. The van der Waals surface area contributed by atoms with Crippen molar-refractivity contribution in [2.24, 2.45) is 5.73 Å². The molecule has 104 valence electrons. The van der Waals surface area contributed by atoms with Gasteiger partial charge in [0.1, 0.15) is 0 Å². The average Bonchev–Trinajstić information content (AvgIpc) is 2.40. The smallest absolute Gasteiger partial charge is 0.250 e. The number of primary amides is 1. The Bertz CT molecular complexity index is 453. The van der Waals surface area contributed by atoms with E-state index in [1.54, 1.807) is 12.1 Å². The van der Waals surface area contributed by atoms with Crippen molar-refractivity contribution in [1.82, 2.24) is 4.90 Å². The summed E-state index contributed by atoms with van der Waals surface area (Å²) in [6.07, 6.45) is 1.19. The molecule has 1 aliphatic rings. The Morgan fingerprint density at radius 2 is 1.95 bits per heavy atom. The first-order valence-electron chi connectivity index (χ1n) is 6.78. The summed E-state index contributed by atoms with van der Waals surface area (Å²) in [7, 11) is 0. The highest BCUT2D eigenvalue weighted by atomic mass is 16.1. The molecule has 1 amide bonds. The summed E-state index contributed by atoms with van der Waals surface area (Å²) in [6.45, 7) is 7.42. The minimum absolute atomic E-state index is 0.411. The fraction of sp³-hybridized carbons (Fsp3) is 0.500. The molecular formula is C14H22N4O. The highest BCUT2D eigenvalue weighted by Gasteiger charge is 2.17. The van der Waals surface area contributed by atoms with Crippen LogP contribution in [0.25, 0.3) is 0 Å². The van der Waals surface area contributed by atoms with E-state index in [0.29, 0.717) is 11.3 Å². The Hall–Kier alpha value is -1.75. The van der Waals surface area contributed by atoms with Gasteiger partial charge in [-0.25, -0.2) is 0 Å². The first kappa shape index (κ1) is 13.7. The molecular weight excluding hydrogens is 240 g/mol. The van der Waals surface area contributed by atoms with Crippen molar-refractivity contribution in [2.75, 3.05) is 43.4 Å². The van der Waals surface area contributed by atoms with Gasteiger partial charge in [0.25, 0.3) is 5.91 Å². The number of carbonyl (C=O) groups is 1. The van der Waals surface area contributed by atoms with Crippen molar-refractivity contribution in [3.8, 4) is 0 Å². The van der Waals surface area contributed by atoms with E-state index >= 15 is 0 Å². The van der Waals surface area contributed by atoms with Gasteiger partial charge in [-0.15, -0.1) is 0 Å². The highest BCUT2D eigenvalue weighted by Crippen LogP contribution is 2.22. The Morgan fingerprint density at radius 1 is 1.26 bits per heavy atom. The maximum atomic E-state index is 11.3. The molecule has 1 heterocycles. The van der Waals surface area contributed by atoms with Crippen LogP contribution in [0.1, 0.15) is 23.7 Å². The molecule has 1 aliphatic heterocycles. The third kappa shape index (κ3) is 3.17. The third-order valence-electron chi connectivity index (χ3n) is 3.58. The summed E-state index contributed by atoms with van der Waals surface area (Å²) in [5, 5.41) is 0. The Labute approximate surface area is 114 Å². The lowest BCUT2D eigenvalue weighted by Crippen LogP contribution is -2.46. The summed E-state index contributed by atoms with van der Waals surface area (Å²) in [5.41, 5.74) is 13.0. The second kappa shape index (κ2) is 5.93. The Morgan fingerprint density at radius 3 is 2.53 bits per heavy atom. The van der Waals surface area contributed by atoms with E-state index in [1.165, 1.54) is 6.42 Å². The van der Waals surface area contributed by atoms with E-state index < -0.39 is 5.91 Å². The van der Waals surface area contributed by atoms with Gasteiger partial charge in [0.05, 0.1) is 5.56 Å². The molecule has 2 rings (SSSR count). The third-order valence-corrected chi connectivity index (χ3v) is 3.58. The Balaban J connectivity index is 2.07. The number of nitrogens with zero attached hydrogens (tertiary/aromatic N) is 2. The van der Waals surface area contributed by atoms with Gasteiger partial charge in [0.2, 0.25) is 0 Å². The molecule has 19 heavy (non-hydrogen) atoms. The van der Waals surface area contributed by atoms with E-state index in [9.17, 15) is 4.79 Å². The van der Waals surface area contributed by atoms with Crippen LogP contribution in [-0.2, 0) is 0 Å². The Kier molecular flexibility index (Phi) is 4.27. The molecule has 0 bridgehead atoms. The van der Waals surface area contributed by atoms with Gasteiger partial charge in [-0.05, 0) is 31.2 Å². The summed E-state index contributed by atoms with van der Waals surface area (Å²) in [5.74, 6) is -0.469. The maximum Gasteiger partial charge on any atom is 0.250 e. The highest BCUT2D eigenvalue weighted by molar-refractivity contribution is 5.99. The number of rotatable bonds is 4. The fourth-order valence-electron chi connectivity index (χ4n) is 2.50. The van der Waals surface area contributed by atoms with Crippen molar-refractivity contribution in [3.05, 3.63) is 23.8 Å². The summed E-state index contributed by atoms with van der Waals surface area (Å²) < 4.78 is 0. The van der Waals surface area contributed by atoms with E-state index in [0.717, 1.165) is 38.4 Å². The van der Waals surface area contributed by atoms with Gasteiger partial charge < -0.3 is 16.4 Å². The zero-order chi connectivity index (χ0) is 13.8. The number of carbonyl (C=O) groups excluding carboxylic acids is 1. The first-order valence-corrected chi connectivity index (χ1v) is 6.78. The number of hydrogen-bond donors (Lipinski definition) is 2. The zero-order valence-corrected chi connectivity index (χ0v) is 11.4. The largest absolute Gasteiger partial charge is 0.398 e. The number of piperazine rings is 1. The average molecular weight is 262 g/mol. The van der Waals surface area contributed by atoms with Crippen LogP contribution in [-0.4, -0.2) is 43.5 Å². The number of nitrogen functional groups attached to an aromatic ring is 1. The number of nitrogens with two attached hydrogens (primary N) is 2. The predicted octanol–water partition coefficient (Wildman–Crippen LogP) is 0.900. The van der Waals surface area contributed by atoms with Crippen LogP contribution < -0.4 is 16.4 Å². The summed E-state index contributed by atoms with van der Waals surface area (Å²) >= 11 is 0. The monoisotopic (exact) mass is 262 g/mol. The van der Waals surface area contributed by atoms with Crippen molar-refractivity contribution >= 4 is 17.3 Å². The SMILES string of the molecule is CCCN1CCN(c2ccc(N)c(C(N)=O)c2)CC1. The molecule has 4 N–H and O–H groups in total. The minimum Gasteiger partial charge on any atom is -0.398 e. The molecule has 0 aromatic heterocycles. The van der Waals surface area contributed by atoms with Crippen LogP contribution in [0.2, 0.25) is 0 Å². The second-order valence-electron chi connectivity index (χ2n) is 4.96. The van der Waals surface area contributed by atoms with Crippen molar-refractivity contribution in [3.63, 3.8) is 0 Å². The molecule has 0 aliphatic carbocycles. The fourth-order valence-corrected chi connectivity index (χ4v) is 2.50. The second-order valence-corrected chi connectivity index (χ2v) is 4.96. The standard InChI is InChI=1S/C14H22N4O/c1-2-5-17-6-8-18(9-7-17)11-3-4-13(15)12(10-11)14(16)19/h3-4,10H,2,5-9,15H2,1H3,(H2,16,19). The molecule has 0 unspecified atom stereocenters. The van der Waals surface area contributed by atoms with E-state index in [1.807, 2.05) is 6.07 Å². The topological polar surface area (TPSA) is 75.6 Å². The summed E-state index contributed by atoms with van der Waals surface area (Å²) in [6, 6.07) is 5.51. The van der Waals surface area contributed by atoms with E-state index in [-0.39, 0.29) is 0 Å². The molecule has 5 nitrogen and oxygen atoms in total. The zero-order valence-electron chi connectivity index (χ0n) is 11.4. The van der Waals surface area contributed by atoms with Gasteiger partial charge >= 0.3 is 0 Å². The maximum absolute atomic E-state index is 11.3. The van der Waals surface area contributed by atoms with Gasteiger partial charge in [0, 0.05) is 37.6 Å². The van der Waals surface area contributed by atoms with Crippen molar-refractivity contribution < 1.29 is 4.79 Å². The van der Waals surface area contributed by atoms with Crippen molar-refractivity contribution in [1.29, 1.82) is 0 Å². The molecule has 0 atom stereocenters. The van der Waals surface area contributed by atoms with E-state index in [4.69, 9.17) is 11.5 Å². The van der Waals surface area contributed by atoms with Gasteiger partial charge in [-0.2, -0.15) is 0 Å². The normalized spacial score (nSPS) is 16.6. The van der Waals surface area contributed by atoms with Crippen LogP contribution in [0, 0.1) is 0 Å². The summed E-state index contributed by atoms with van der Waals surface area (Å²) in [4.78, 5) is 16.0. The van der Waals surface area contributed by atoms with Gasteiger partial charge in [-0.1, -0.05) is 6.92 Å². The molecule has 0 radical (unpaired) electrons. The molecule has 0 spiro atoms. The molecule has 1 fully saturated rings. The molecule has 1 aromatic rings. The molecule has 1 aromatic carbocycles. The molecule has 0 saturated carbocycles. The molecule has 5 heteroatoms. The van der Waals surface area contributed by atoms with Crippen LogP contribution >= 0.6 is 0 Å². The lowest BCUT2D eigenvalue weighted by molar-refractivity contribution is 0.100. The van der Waals surface area contributed by atoms with Gasteiger partial charge in [0.15, 0.2) is 0 Å². The van der Waals surface area contributed by atoms with E-state index in [2.05, 4.69) is 16.7 Å². The quantitative estimate of drug-likeness (QED) is 0.791. The minimum atomic E-state index is -0.469. The predicted molar refractivity (Wildman–Crippen MR) is 78.3 cm³/mol. The van der Waals surface area contributed by atoms with Crippen LogP contribution in [0.5, 0.6) is 0 Å². The van der Waals surface area contributed by atoms with Crippen LogP contribution in [0.15, 0.2) is 18.2 Å². The lowest BCUT2D eigenvalue weighted by atomic mass is 10.1. The number of benzene rings is 1. The number of amides is 1. The number of hydrogen-bond acceptors (Lipinski definition) is 4. The van der Waals surface area contributed by atoms with Crippen LogP contribution in [0.3, 0.4) is 0 Å². The van der Waals surface area contributed by atoms with Crippen molar-refractivity contribution in [2.45, 2.75) is 13.3 Å².